The zero-order valence-corrected chi connectivity index (χ0v) is 16.7. The fraction of sp³-hybridized carbons (Fsp3) is 0.556. The van der Waals surface area contributed by atoms with Crippen LogP contribution in [-0.2, 0) is 21.0 Å². The minimum absolute atomic E-state index is 0.150. The van der Waals surface area contributed by atoms with Gasteiger partial charge >= 0.3 is 6.18 Å². The molecule has 7 nitrogen and oxygen atoms in total. The molecule has 2 fully saturated rings. The van der Waals surface area contributed by atoms with E-state index in [1.165, 1.54) is 9.21 Å². The van der Waals surface area contributed by atoms with Crippen LogP contribution in [0.15, 0.2) is 24.3 Å². The van der Waals surface area contributed by atoms with Gasteiger partial charge in [-0.15, -0.1) is 0 Å². The summed E-state index contributed by atoms with van der Waals surface area (Å²) in [5, 5.41) is 0. The molecule has 2 aliphatic heterocycles. The van der Waals surface area contributed by atoms with Gasteiger partial charge in [-0.25, -0.2) is 8.42 Å². The fourth-order valence-electron chi connectivity index (χ4n) is 3.71. The quantitative estimate of drug-likeness (QED) is 0.722. The third-order valence-electron chi connectivity index (χ3n) is 5.25. The van der Waals surface area contributed by atoms with Gasteiger partial charge < -0.3 is 9.80 Å². The first-order valence-electron chi connectivity index (χ1n) is 9.20. The van der Waals surface area contributed by atoms with Crippen molar-refractivity contribution in [1.29, 1.82) is 0 Å². The second-order valence-corrected chi connectivity index (χ2v) is 9.16. The summed E-state index contributed by atoms with van der Waals surface area (Å²) in [5.74, 6) is -0.668. The van der Waals surface area contributed by atoms with Crippen molar-refractivity contribution < 1.29 is 31.2 Å². The average Bonchev–Trinajstić information content (AvgIpc) is 3.17. The van der Waals surface area contributed by atoms with E-state index in [0.717, 1.165) is 30.5 Å². The Morgan fingerprint density at radius 3 is 2.03 bits per heavy atom. The number of alkyl halides is 3. The second kappa shape index (κ2) is 7.94. The zero-order valence-electron chi connectivity index (χ0n) is 15.9. The lowest BCUT2D eigenvalue weighted by molar-refractivity contribution is -0.137. The van der Waals surface area contributed by atoms with E-state index in [1.54, 1.807) is 4.90 Å². The van der Waals surface area contributed by atoms with Crippen molar-refractivity contribution in [2.75, 3.05) is 39.0 Å². The summed E-state index contributed by atoms with van der Waals surface area (Å²) >= 11 is 0. The van der Waals surface area contributed by atoms with Gasteiger partial charge in [0.15, 0.2) is 0 Å². The van der Waals surface area contributed by atoms with E-state index in [2.05, 4.69) is 0 Å². The summed E-state index contributed by atoms with van der Waals surface area (Å²) in [6, 6.07) is 3.32. The molecule has 2 saturated heterocycles. The number of rotatable bonds is 3. The number of piperazine rings is 1. The Bertz CT molecular complexity index is 879. The van der Waals surface area contributed by atoms with Gasteiger partial charge in [0, 0.05) is 38.3 Å². The number of carbonyl (C=O) groups is 2. The molecule has 0 N–H and O–H groups in total. The van der Waals surface area contributed by atoms with Gasteiger partial charge in [0.1, 0.15) is 6.04 Å². The largest absolute Gasteiger partial charge is 0.416 e. The molecule has 0 spiro atoms. The molecule has 3 rings (SSSR count). The van der Waals surface area contributed by atoms with Crippen molar-refractivity contribution in [3.63, 3.8) is 0 Å². The molecular formula is C18H22F3N3O4S. The molecule has 0 saturated carbocycles. The molecule has 1 aromatic rings. The topological polar surface area (TPSA) is 78.0 Å². The van der Waals surface area contributed by atoms with Crippen LogP contribution >= 0.6 is 0 Å². The van der Waals surface area contributed by atoms with Crippen molar-refractivity contribution in [3.05, 3.63) is 35.4 Å². The van der Waals surface area contributed by atoms with Crippen LogP contribution in [0.3, 0.4) is 0 Å². The van der Waals surface area contributed by atoms with Crippen molar-refractivity contribution in [3.8, 4) is 0 Å². The smallest absolute Gasteiger partial charge is 0.338 e. The lowest BCUT2D eigenvalue weighted by atomic mass is 10.1. The third-order valence-corrected chi connectivity index (χ3v) is 6.54. The van der Waals surface area contributed by atoms with Crippen LogP contribution in [0.1, 0.15) is 28.8 Å². The number of benzene rings is 1. The normalized spacial score (nSPS) is 21.4. The molecule has 29 heavy (non-hydrogen) atoms. The van der Waals surface area contributed by atoms with Crippen LogP contribution in [0.4, 0.5) is 13.2 Å². The van der Waals surface area contributed by atoms with Gasteiger partial charge in [0.2, 0.25) is 15.9 Å². The lowest BCUT2D eigenvalue weighted by Gasteiger charge is -2.37. The van der Waals surface area contributed by atoms with E-state index >= 15 is 0 Å². The van der Waals surface area contributed by atoms with Crippen LogP contribution in [0, 0.1) is 0 Å². The van der Waals surface area contributed by atoms with Crippen LogP contribution in [0.25, 0.3) is 0 Å². The molecule has 0 bridgehead atoms. The van der Waals surface area contributed by atoms with Crippen LogP contribution in [0.2, 0.25) is 0 Å². The minimum atomic E-state index is -4.46. The average molecular weight is 433 g/mol. The summed E-state index contributed by atoms with van der Waals surface area (Å²) in [4.78, 5) is 28.3. The fourth-order valence-corrected chi connectivity index (χ4v) is 4.83. The van der Waals surface area contributed by atoms with Crippen molar-refractivity contribution in [2.45, 2.75) is 25.1 Å². The highest BCUT2D eigenvalue weighted by atomic mass is 32.2. The van der Waals surface area contributed by atoms with E-state index in [9.17, 15) is 31.2 Å². The maximum absolute atomic E-state index is 12.7. The number of halogens is 3. The third kappa shape index (κ3) is 4.72. The zero-order chi connectivity index (χ0) is 21.4. The minimum Gasteiger partial charge on any atom is -0.338 e. The Kier molecular flexibility index (Phi) is 5.91. The summed E-state index contributed by atoms with van der Waals surface area (Å²) in [6.45, 7) is 1.29. The van der Waals surface area contributed by atoms with E-state index in [-0.39, 0.29) is 37.6 Å². The number of sulfonamides is 1. The van der Waals surface area contributed by atoms with E-state index in [1.807, 2.05) is 0 Å². The Labute approximate surface area is 167 Å². The number of amides is 2. The van der Waals surface area contributed by atoms with Gasteiger partial charge in [-0.05, 0) is 37.1 Å². The van der Waals surface area contributed by atoms with E-state index in [0.29, 0.717) is 19.4 Å². The second-order valence-electron chi connectivity index (χ2n) is 7.22. The highest BCUT2D eigenvalue weighted by molar-refractivity contribution is 7.88. The molecule has 2 heterocycles. The van der Waals surface area contributed by atoms with Crippen molar-refractivity contribution in [2.24, 2.45) is 0 Å². The summed E-state index contributed by atoms with van der Waals surface area (Å²) < 4.78 is 62.9. The van der Waals surface area contributed by atoms with Crippen LogP contribution in [-0.4, -0.2) is 79.4 Å². The van der Waals surface area contributed by atoms with Gasteiger partial charge in [-0.2, -0.15) is 17.5 Å². The van der Waals surface area contributed by atoms with Gasteiger partial charge in [0.25, 0.3) is 5.91 Å². The number of hydrogen-bond acceptors (Lipinski definition) is 4. The highest BCUT2D eigenvalue weighted by Gasteiger charge is 2.39. The Hall–Kier alpha value is -2.14. The SMILES string of the molecule is CS(=O)(=O)N1CCCC1C(=O)N1CCN(C(=O)c2ccc(C(F)(F)F)cc2)CC1. The molecule has 11 heteroatoms. The van der Waals surface area contributed by atoms with Crippen molar-refractivity contribution in [1.82, 2.24) is 14.1 Å². The lowest BCUT2D eigenvalue weighted by Crippen LogP contribution is -2.55. The molecule has 1 aromatic carbocycles. The van der Waals surface area contributed by atoms with Crippen LogP contribution < -0.4 is 0 Å². The summed E-state index contributed by atoms with van der Waals surface area (Å²) in [7, 11) is -3.47. The monoisotopic (exact) mass is 433 g/mol. The standard InChI is InChI=1S/C18H22F3N3O4S/c1-29(27,28)24-8-2-3-15(24)17(26)23-11-9-22(10-12-23)16(25)13-4-6-14(7-5-13)18(19,20)21/h4-7,15H,2-3,8-12H2,1H3. The van der Waals surface area contributed by atoms with Crippen molar-refractivity contribution >= 4 is 21.8 Å². The summed E-state index contributed by atoms with van der Waals surface area (Å²) in [5.41, 5.74) is -0.673. The van der Waals surface area contributed by atoms with Crippen LogP contribution in [0.5, 0.6) is 0 Å². The molecule has 2 aliphatic rings. The number of carbonyl (C=O) groups excluding carboxylic acids is 2. The number of hydrogen-bond donors (Lipinski definition) is 0. The molecule has 0 aromatic heterocycles. The molecule has 0 aliphatic carbocycles. The first kappa shape index (κ1) is 21.6. The Morgan fingerprint density at radius 1 is 0.966 bits per heavy atom. The molecule has 0 radical (unpaired) electrons. The first-order valence-corrected chi connectivity index (χ1v) is 11.1. The first-order chi connectivity index (χ1) is 13.5. The van der Waals surface area contributed by atoms with Gasteiger partial charge in [0.05, 0.1) is 11.8 Å². The Morgan fingerprint density at radius 2 is 1.52 bits per heavy atom. The predicted molar refractivity (Wildman–Crippen MR) is 98.5 cm³/mol. The van der Waals surface area contributed by atoms with E-state index in [4.69, 9.17) is 0 Å². The maximum atomic E-state index is 12.7. The molecular weight excluding hydrogens is 411 g/mol. The molecule has 1 atom stereocenters. The number of nitrogens with zero attached hydrogens (tertiary/aromatic N) is 3. The Balaban J connectivity index is 1.60. The highest BCUT2D eigenvalue weighted by Crippen LogP contribution is 2.29. The van der Waals surface area contributed by atoms with Gasteiger partial charge in [-0.3, -0.25) is 9.59 Å². The molecule has 2 amide bonds. The molecule has 160 valence electrons. The van der Waals surface area contributed by atoms with Gasteiger partial charge in [-0.1, -0.05) is 0 Å². The summed E-state index contributed by atoms with van der Waals surface area (Å²) in [6.07, 6.45) is -2.29. The van der Waals surface area contributed by atoms with E-state index < -0.39 is 33.7 Å². The predicted octanol–water partition coefficient (Wildman–Crippen LogP) is 1.41. The maximum Gasteiger partial charge on any atom is 0.416 e. The molecule has 1 unspecified atom stereocenters.